The average Bonchev–Trinajstić information content (AvgIpc) is 2.81. The van der Waals surface area contributed by atoms with E-state index in [1.807, 2.05) is 33.0 Å². The molecule has 39 heavy (non-hydrogen) atoms. The Morgan fingerprint density at radius 3 is 2.51 bits per heavy atom. The molecule has 0 unspecified atom stereocenters. The van der Waals surface area contributed by atoms with E-state index in [1.54, 1.807) is 24.3 Å². The summed E-state index contributed by atoms with van der Waals surface area (Å²) >= 11 is 0. The monoisotopic (exact) mass is 527 g/mol. The summed E-state index contributed by atoms with van der Waals surface area (Å²) in [5.74, 6) is -1.40. The molecule has 2 aromatic carbocycles. The second kappa shape index (κ2) is 11.7. The van der Waals surface area contributed by atoms with Crippen molar-refractivity contribution in [3.05, 3.63) is 77.0 Å². The number of aromatic nitrogens is 1. The van der Waals surface area contributed by atoms with Crippen LogP contribution in [0.5, 0.6) is 11.5 Å². The van der Waals surface area contributed by atoms with E-state index in [2.05, 4.69) is 15.3 Å². The summed E-state index contributed by atoms with van der Waals surface area (Å²) in [6, 6.07) is 9.09. The van der Waals surface area contributed by atoms with Gasteiger partial charge in [0, 0.05) is 35.6 Å². The van der Waals surface area contributed by atoms with Crippen LogP contribution in [-0.2, 0) is 11.2 Å². The maximum absolute atomic E-state index is 14.6. The first-order valence-corrected chi connectivity index (χ1v) is 11.9. The molecule has 9 nitrogen and oxygen atoms in total. The molecule has 1 aromatic heterocycles. The molecule has 2 amide bonds. The largest absolute Gasteiger partial charge is 0.456 e. The van der Waals surface area contributed by atoms with Gasteiger partial charge in [-0.3, -0.25) is 19.6 Å². The van der Waals surface area contributed by atoms with Gasteiger partial charge in [0.15, 0.2) is 0 Å². The van der Waals surface area contributed by atoms with Gasteiger partial charge in [0.25, 0.3) is 5.91 Å². The molecule has 0 bridgehead atoms. The van der Waals surface area contributed by atoms with Gasteiger partial charge in [0.05, 0.1) is 28.7 Å². The highest BCUT2D eigenvalue weighted by atomic mass is 19.1. The highest BCUT2D eigenvalue weighted by molar-refractivity contribution is 6.39. The number of carbonyl (C=O) groups is 2. The summed E-state index contributed by atoms with van der Waals surface area (Å²) in [4.78, 5) is 33.4. The molecular formula is C27H28B2FN5O4. The van der Waals surface area contributed by atoms with Crippen LogP contribution in [0.15, 0.2) is 59.5 Å². The number of pyridine rings is 1. The normalized spacial score (nSPS) is 12.5. The zero-order valence-electron chi connectivity index (χ0n) is 22.1. The number of fused-ring (bicyclic) bond motifs is 1. The number of nitrogens with two attached hydrogens (primary N) is 1. The van der Waals surface area contributed by atoms with Crippen LogP contribution in [0.1, 0.15) is 42.3 Å². The summed E-state index contributed by atoms with van der Waals surface area (Å²) in [7, 11) is 10.4. The van der Waals surface area contributed by atoms with Crippen LogP contribution >= 0.6 is 0 Å². The Labute approximate surface area is 228 Å². The third-order valence-electron chi connectivity index (χ3n) is 5.23. The number of aliphatic imine (C=N–C) groups is 1. The van der Waals surface area contributed by atoms with E-state index in [0.717, 1.165) is 17.2 Å². The minimum Gasteiger partial charge on any atom is -0.456 e. The van der Waals surface area contributed by atoms with Crippen molar-refractivity contribution in [2.45, 2.75) is 45.2 Å². The summed E-state index contributed by atoms with van der Waals surface area (Å²) in [5, 5.41) is 14.4. The summed E-state index contributed by atoms with van der Waals surface area (Å²) in [6.45, 7) is 7.59. The maximum atomic E-state index is 14.6. The smallest absolute Gasteiger partial charge is 0.255 e. The predicted molar refractivity (Wildman–Crippen MR) is 149 cm³/mol. The number of aliphatic hydroxyl groups is 1. The molecule has 3 rings (SSSR count). The lowest BCUT2D eigenvalue weighted by atomic mass is 9.73. The molecule has 0 fully saturated rings. The summed E-state index contributed by atoms with van der Waals surface area (Å²) < 4.78 is 20.6. The van der Waals surface area contributed by atoms with E-state index in [1.165, 1.54) is 24.7 Å². The molecule has 5 N–H and O–H groups in total. The molecule has 0 saturated carbocycles. The Kier molecular flexibility index (Phi) is 8.81. The number of halogens is 1. The Morgan fingerprint density at radius 1 is 1.18 bits per heavy atom. The molecule has 0 atom stereocenters. The Morgan fingerprint density at radius 2 is 1.90 bits per heavy atom. The van der Waals surface area contributed by atoms with E-state index in [0.29, 0.717) is 22.6 Å². The quantitative estimate of drug-likeness (QED) is 0.202. The predicted octanol–water partition coefficient (Wildman–Crippen LogP) is 2.47. The molecule has 0 saturated heterocycles. The minimum absolute atomic E-state index is 0.0897. The fourth-order valence-corrected chi connectivity index (χ4v) is 3.48. The van der Waals surface area contributed by atoms with Gasteiger partial charge in [0.1, 0.15) is 33.0 Å². The maximum Gasteiger partial charge on any atom is 0.255 e. The van der Waals surface area contributed by atoms with Gasteiger partial charge in [0.2, 0.25) is 5.91 Å². The van der Waals surface area contributed by atoms with E-state index in [9.17, 15) is 19.1 Å². The van der Waals surface area contributed by atoms with Gasteiger partial charge in [-0.2, -0.15) is 0 Å². The van der Waals surface area contributed by atoms with Crippen LogP contribution in [0.4, 0.5) is 4.39 Å². The van der Waals surface area contributed by atoms with Crippen molar-refractivity contribution in [3.63, 3.8) is 0 Å². The van der Waals surface area contributed by atoms with Crippen molar-refractivity contribution in [1.82, 2.24) is 15.6 Å². The summed E-state index contributed by atoms with van der Waals surface area (Å²) in [5.41, 5.74) is 4.45. The zero-order chi connectivity index (χ0) is 29.0. The van der Waals surface area contributed by atoms with Crippen molar-refractivity contribution in [3.8, 4) is 11.5 Å². The number of nitrogens with one attached hydrogen (secondary N) is 2. The van der Waals surface area contributed by atoms with Crippen LogP contribution in [-0.4, -0.2) is 54.9 Å². The highest BCUT2D eigenvalue weighted by Gasteiger charge is 2.21. The topological polar surface area (TPSA) is 139 Å². The average molecular weight is 527 g/mol. The molecule has 0 spiro atoms. The lowest BCUT2D eigenvalue weighted by molar-refractivity contribution is -0.119. The Balaban J connectivity index is 1.80. The van der Waals surface area contributed by atoms with E-state index in [4.69, 9.17) is 26.2 Å². The fraction of sp³-hybridized carbons (Fsp3) is 0.259. The van der Waals surface area contributed by atoms with Gasteiger partial charge < -0.3 is 26.2 Å². The van der Waals surface area contributed by atoms with Crippen LogP contribution in [0.25, 0.3) is 10.9 Å². The Hall–Kier alpha value is -4.18. The number of allylic oxidation sites excluding steroid dienone is 1. The molecule has 4 radical (unpaired) electrons. The van der Waals surface area contributed by atoms with E-state index in [-0.39, 0.29) is 23.4 Å². The van der Waals surface area contributed by atoms with Crippen molar-refractivity contribution in [1.29, 1.82) is 0 Å². The molecular weight excluding hydrogens is 499 g/mol. The third kappa shape index (κ3) is 8.41. The van der Waals surface area contributed by atoms with Gasteiger partial charge in [-0.25, -0.2) is 4.39 Å². The number of nitrogens with zero attached hydrogens (tertiary/aromatic N) is 2. The third-order valence-corrected chi connectivity index (χ3v) is 5.23. The van der Waals surface area contributed by atoms with Gasteiger partial charge in [-0.1, -0.05) is 12.1 Å². The molecule has 1 heterocycles. The molecule has 0 aliphatic rings. The molecule has 0 aliphatic heterocycles. The van der Waals surface area contributed by atoms with E-state index >= 15 is 0 Å². The van der Waals surface area contributed by atoms with Crippen LogP contribution < -0.4 is 21.1 Å². The van der Waals surface area contributed by atoms with Crippen molar-refractivity contribution < 1.29 is 23.8 Å². The first-order chi connectivity index (χ1) is 18.1. The minimum atomic E-state index is -2.52. The lowest BCUT2D eigenvalue weighted by Crippen LogP contribution is -2.49. The SMILES string of the molecule is [B]C([B])(O)NC(=O)c1cc2c(Oc3ccc(CC(=O)N/C(C=NC(C)(C)C)=C/N)cc3C)ccnc2cc1F. The van der Waals surface area contributed by atoms with Gasteiger partial charge in [-0.05, 0) is 57.0 Å². The number of hydrogen-bond acceptors (Lipinski definition) is 7. The van der Waals surface area contributed by atoms with Crippen LogP contribution in [0, 0.1) is 12.7 Å². The number of hydrogen-bond donors (Lipinski definition) is 4. The zero-order valence-corrected chi connectivity index (χ0v) is 22.1. The summed E-state index contributed by atoms with van der Waals surface area (Å²) in [6.07, 6.45) is 4.33. The molecule has 3 aromatic rings. The fourth-order valence-electron chi connectivity index (χ4n) is 3.48. The molecule has 198 valence electrons. The second-order valence-electron chi connectivity index (χ2n) is 9.92. The van der Waals surface area contributed by atoms with Gasteiger partial charge >= 0.3 is 0 Å². The number of amides is 2. The Bertz CT molecular complexity index is 1460. The van der Waals surface area contributed by atoms with Crippen molar-refractivity contribution in [2.24, 2.45) is 10.7 Å². The van der Waals surface area contributed by atoms with E-state index < -0.39 is 22.8 Å². The second-order valence-corrected chi connectivity index (χ2v) is 9.92. The highest BCUT2D eigenvalue weighted by Crippen LogP contribution is 2.32. The number of ether oxygens (including phenoxy) is 1. The van der Waals surface area contributed by atoms with Crippen LogP contribution in [0.3, 0.4) is 0 Å². The first-order valence-electron chi connectivity index (χ1n) is 11.9. The lowest BCUT2D eigenvalue weighted by Gasteiger charge is -2.21. The number of aryl methyl sites for hydroxylation is 1. The van der Waals surface area contributed by atoms with Crippen molar-refractivity contribution in [2.75, 3.05) is 0 Å². The number of benzene rings is 2. The number of rotatable bonds is 8. The molecule has 12 heteroatoms. The first kappa shape index (κ1) is 29.4. The van der Waals surface area contributed by atoms with Crippen molar-refractivity contribution >= 4 is 44.6 Å². The number of carbonyl (C=O) groups excluding carboxylic acids is 2. The van der Waals surface area contributed by atoms with Gasteiger partial charge in [-0.15, -0.1) is 0 Å². The molecule has 0 aliphatic carbocycles. The standard InChI is InChI=1S/C27H28B2FN5O4/c1-15-9-16(10-24(36)34-17(13-31)14-33-26(2,3)4)5-6-22(15)39-23-7-8-32-21-12-20(30)18(11-19(21)23)25(37)35-27(28,29)38/h5-9,11-14,38H,10,31H2,1-4H3,(H,34,36)(H,35,37)/b17-13+,33-14?. The van der Waals surface area contributed by atoms with Crippen LogP contribution in [0.2, 0.25) is 0 Å².